The molecule has 1 amide bonds. The zero-order valence-electron chi connectivity index (χ0n) is 11.7. The lowest BCUT2D eigenvalue weighted by Crippen LogP contribution is -2.37. The number of anilines is 1. The first-order valence-corrected chi connectivity index (χ1v) is 6.73. The number of carbonyl (C=O) groups is 1. The van der Waals surface area contributed by atoms with Crippen LogP contribution in [0.1, 0.15) is 5.56 Å². The number of fused-ring (bicyclic) bond motifs is 1. The highest BCUT2D eigenvalue weighted by Crippen LogP contribution is 2.19. The number of aromatic amines is 1. The second-order valence-corrected chi connectivity index (χ2v) is 5.06. The molecule has 108 valence electrons. The molecule has 3 rings (SSSR count). The molecule has 0 bridgehead atoms. The van der Waals surface area contributed by atoms with Crippen molar-refractivity contribution in [3.05, 3.63) is 48.4 Å². The monoisotopic (exact) mass is 283 g/mol. The van der Waals surface area contributed by atoms with Crippen LogP contribution < -0.4 is 11.1 Å². The standard InChI is InChI=1S/C15H17N5O/c1-20-9-11(8-18-20)19-15(21)13(16)6-10-7-17-14-5-3-2-4-12(10)14/h2-5,7-9,13,17H,6,16H2,1H3,(H,19,21)/t13-/m1/s1. The van der Waals surface area contributed by atoms with Gasteiger partial charge in [0.25, 0.3) is 0 Å². The molecule has 0 aliphatic rings. The van der Waals surface area contributed by atoms with E-state index in [2.05, 4.69) is 15.4 Å². The highest BCUT2D eigenvalue weighted by Gasteiger charge is 2.16. The van der Waals surface area contributed by atoms with Gasteiger partial charge in [0.15, 0.2) is 0 Å². The first kappa shape index (κ1) is 13.4. The van der Waals surface area contributed by atoms with E-state index in [4.69, 9.17) is 5.73 Å². The highest BCUT2D eigenvalue weighted by atomic mass is 16.2. The van der Waals surface area contributed by atoms with Crippen molar-refractivity contribution >= 4 is 22.5 Å². The van der Waals surface area contributed by atoms with E-state index in [-0.39, 0.29) is 5.91 Å². The molecule has 0 saturated heterocycles. The zero-order chi connectivity index (χ0) is 14.8. The Balaban J connectivity index is 1.70. The molecule has 1 aromatic carbocycles. The molecule has 0 radical (unpaired) electrons. The fraction of sp³-hybridized carbons (Fsp3) is 0.200. The molecule has 0 aliphatic carbocycles. The average molecular weight is 283 g/mol. The van der Waals surface area contributed by atoms with Gasteiger partial charge in [-0.1, -0.05) is 18.2 Å². The molecule has 6 heteroatoms. The van der Waals surface area contributed by atoms with Crippen molar-refractivity contribution in [2.24, 2.45) is 12.8 Å². The number of nitrogens with one attached hydrogen (secondary N) is 2. The van der Waals surface area contributed by atoms with Crippen LogP contribution >= 0.6 is 0 Å². The van der Waals surface area contributed by atoms with Crippen LogP contribution in [0.2, 0.25) is 0 Å². The quantitative estimate of drug-likeness (QED) is 0.676. The molecule has 6 nitrogen and oxygen atoms in total. The Kier molecular flexibility index (Phi) is 3.45. The molecule has 4 N–H and O–H groups in total. The van der Waals surface area contributed by atoms with Gasteiger partial charge >= 0.3 is 0 Å². The first-order valence-electron chi connectivity index (χ1n) is 6.73. The summed E-state index contributed by atoms with van der Waals surface area (Å²) < 4.78 is 1.63. The van der Waals surface area contributed by atoms with Gasteiger partial charge in [0.2, 0.25) is 5.91 Å². The van der Waals surface area contributed by atoms with Crippen molar-refractivity contribution < 1.29 is 4.79 Å². The van der Waals surface area contributed by atoms with Crippen molar-refractivity contribution in [3.63, 3.8) is 0 Å². The van der Waals surface area contributed by atoms with Crippen molar-refractivity contribution in [1.29, 1.82) is 0 Å². The summed E-state index contributed by atoms with van der Waals surface area (Å²) in [5.74, 6) is -0.215. The van der Waals surface area contributed by atoms with Crippen LogP contribution in [-0.4, -0.2) is 26.7 Å². The average Bonchev–Trinajstić information content (AvgIpc) is 3.06. The molecular weight excluding hydrogens is 266 g/mol. The lowest BCUT2D eigenvalue weighted by molar-refractivity contribution is -0.117. The number of hydrogen-bond acceptors (Lipinski definition) is 3. The van der Waals surface area contributed by atoms with Crippen LogP contribution in [0.25, 0.3) is 10.9 Å². The molecule has 0 aliphatic heterocycles. The summed E-state index contributed by atoms with van der Waals surface area (Å²) in [6.07, 6.45) is 5.71. The summed E-state index contributed by atoms with van der Waals surface area (Å²) in [7, 11) is 1.79. The van der Waals surface area contributed by atoms with E-state index in [1.165, 1.54) is 0 Å². The lowest BCUT2D eigenvalue weighted by atomic mass is 10.1. The number of rotatable bonds is 4. The number of nitrogens with two attached hydrogens (primary N) is 1. The molecule has 0 saturated carbocycles. The maximum atomic E-state index is 12.1. The maximum absolute atomic E-state index is 12.1. The fourth-order valence-corrected chi connectivity index (χ4v) is 2.35. The molecule has 0 spiro atoms. The minimum Gasteiger partial charge on any atom is -0.361 e. The van der Waals surface area contributed by atoms with Crippen molar-refractivity contribution in [2.45, 2.75) is 12.5 Å². The topological polar surface area (TPSA) is 88.7 Å². The van der Waals surface area contributed by atoms with Crippen LogP contribution in [0.5, 0.6) is 0 Å². The van der Waals surface area contributed by atoms with Gasteiger partial charge in [0.05, 0.1) is 17.9 Å². The third-order valence-corrected chi connectivity index (χ3v) is 3.42. The number of carbonyl (C=O) groups excluding carboxylic acids is 1. The molecule has 0 fully saturated rings. The fourth-order valence-electron chi connectivity index (χ4n) is 2.35. The largest absolute Gasteiger partial charge is 0.361 e. The van der Waals surface area contributed by atoms with Gasteiger partial charge in [-0.2, -0.15) is 5.10 Å². The minimum absolute atomic E-state index is 0.215. The van der Waals surface area contributed by atoms with Gasteiger partial charge in [0, 0.05) is 30.3 Å². The molecule has 2 heterocycles. The summed E-state index contributed by atoms with van der Waals surface area (Å²) in [5, 5.41) is 7.87. The van der Waals surface area contributed by atoms with Crippen LogP contribution in [-0.2, 0) is 18.3 Å². The van der Waals surface area contributed by atoms with Crippen molar-refractivity contribution in [1.82, 2.24) is 14.8 Å². The Labute approximate surface area is 121 Å². The van der Waals surface area contributed by atoms with Gasteiger partial charge in [-0.25, -0.2) is 0 Å². The number of aryl methyl sites for hydroxylation is 1. The molecule has 21 heavy (non-hydrogen) atoms. The van der Waals surface area contributed by atoms with Gasteiger partial charge in [-0.05, 0) is 18.1 Å². The molecule has 3 aromatic rings. The lowest BCUT2D eigenvalue weighted by Gasteiger charge is -2.10. The van der Waals surface area contributed by atoms with E-state index in [0.29, 0.717) is 12.1 Å². The molecule has 1 atom stereocenters. The number of H-pyrrole nitrogens is 1. The summed E-state index contributed by atoms with van der Waals surface area (Å²) in [6, 6.07) is 7.36. The zero-order valence-corrected chi connectivity index (χ0v) is 11.7. The highest BCUT2D eigenvalue weighted by molar-refractivity contribution is 5.95. The van der Waals surface area contributed by atoms with Gasteiger partial charge in [-0.15, -0.1) is 0 Å². The van der Waals surface area contributed by atoms with E-state index in [1.807, 2.05) is 30.5 Å². The number of aromatic nitrogens is 3. The number of amides is 1. The number of nitrogens with zero attached hydrogens (tertiary/aromatic N) is 2. The maximum Gasteiger partial charge on any atom is 0.241 e. The summed E-state index contributed by atoms with van der Waals surface area (Å²) >= 11 is 0. The van der Waals surface area contributed by atoms with Gasteiger partial charge < -0.3 is 16.0 Å². The van der Waals surface area contributed by atoms with Crippen LogP contribution in [0, 0.1) is 0 Å². The molecular formula is C15H17N5O. The van der Waals surface area contributed by atoms with E-state index in [0.717, 1.165) is 16.5 Å². The van der Waals surface area contributed by atoms with Crippen LogP contribution in [0.3, 0.4) is 0 Å². The van der Waals surface area contributed by atoms with Gasteiger partial charge in [-0.3, -0.25) is 9.48 Å². The van der Waals surface area contributed by atoms with Crippen molar-refractivity contribution in [3.8, 4) is 0 Å². The smallest absolute Gasteiger partial charge is 0.241 e. The number of para-hydroxylation sites is 1. The number of benzene rings is 1. The van der Waals surface area contributed by atoms with Crippen molar-refractivity contribution in [2.75, 3.05) is 5.32 Å². The van der Waals surface area contributed by atoms with Crippen LogP contribution in [0.15, 0.2) is 42.9 Å². The van der Waals surface area contributed by atoms with Crippen LogP contribution in [0.4, 0.5) is 5.69 Å². The summed E-state index contributed by atoms with van der Waals surface area (Å²) in [6.45, 7) is 0. The van der Waals surface area contributed by atoms with E-state index >= 15 is 0 Å². The third-order valence-electron chi connectivity index (χ3n) is 3.42. The second kappa shape index (κ2) is 5.41. The normalized spacial score (nSPS) is 12.5. The first-order chi connectivity index (χ1) is 10.1. The van der Waals surface area contributed by atoms with E-state index in [1.54, 1.807) is 24.1 Å². The predicted molar refractivity (Wildman–Crippen MR) is 81.8 cm³/mol. The summed E-state index contributed by atoms with van der Waals surface area (Å²) in [4.78, 5) is 15.3. The molecule has 0 unspecified atom stereocenters. The Bertz CT molecular complexity index is 773. The minimum atomic E-state index is -0.607. The van der Waals surface area contributed by atoms with Gasteiger partial charge in [0.1, 0.15) is 0 Å². The SMILES string of the molecule is Cn1cc(NC(=O)[C@H](N)Cc2c[nH]c3ccccc23)cn1. The Morgan fingerprint density at radius 1 is 1.48 bits per heavy atom. The Hall–Kier alpha value is -2.60. The number of hydrogen-bond donors (Lipinski definition) is 3. The van der Waals surface area contributed by atoms with E-state index < -0.39 is 6.04 Å². The Morgan fingerprint density at radius 2 is 2.29 bits per heavy atom. The third kappa shape index (κ3) is 2.80. The Morgan fingerprint density at radius 3 is 3.05 bits per heavy atom. The predicted octanol–water partition coefficient (Wildman–Crippen LogP) is 1.41. The summed E-state index contributed by atoms with van der Waals surface area (Å²) in [5.41, 5.74) is 8.74. The van der Waals surface area contributed by atoms with E-state index in [9.17, 15) is 4.79 Å². The second-order valence-electron chi connectivity index (χ2n) is 5.06. The molecule has 2 aromatic heterocycles.